The SMILES string of the molecule is CCC[Si](C)(C)c1cccc2cc3c(nc12)-c1cc2c(c(=O)n1C3)COC(=O)C2(O)CC. The number of nitrogens with zero attached hydrogens (tertiary/aromatic N) is 2. The predicted molar refractivity (Wildman–Crippen MR) is 127 cm³/mol. The summed E-state index contributed by atoms with van der Waals surface area (Å²) in [6.45, 7) is 9.01. The molecule has 5 rings (SSSR count). The Balaban J connectivity index is 1.77. The van der Waals surface area contributed by atoms with E-state index in [1.165, 1.54) is 11.2 Å². The number of aromatic nitrogens is 2. The number of rotatable bonds is 4. The Hall–Kier alpha value is -2.77. The van der Waals surface area contributed by atoms with Crippen molar-refractivity contribution in [1.29, 1.82) is 0 Å². The van der Waals surface area contributed by atoms with Crippen molar-refractivity contribution < 1.29 is 14.6 Å². The molecule has 1 aromatic carbocycles. The van der Waals surface area contributed by atoms with Gasteiger partial charge in [-0.1, -0.05) is 57.6 Å². The Morgan fingerprint density at radius 1 is 1.22 bits per heavy atom. The Morgan fingerprint density at radius 2 is 2.00 bits per heavy atom. The topological polar surface area (TPSA) is 81.4 Å². The number of esters is 1. The highest BCUT2D eigenvalue weighted by molar-refractivity contribution is 6.91. The summed E-state index contributed by atoms with van der Waals surface area (Å²) in [6.07, 6.45) is 1.28. The molecule has 0 aliphatic carbocycles. The highest BCUT2D eigenvalue weighted by Gasteiger charge is 2.45. The molecule has 0 fully saturated rings. The van der Waals surface area contributed by atoms with Gasteiger partial charge in [-0.3, -0.25) is 4.79 Å². The first-order valence-corrected chi connectivity index (χ1v) is 14.5. The van der Waals surface area contributed by atoms with Crippen LogP contribution in [0.5, 0.6) is 0 Å². The molecule has 3 aromatic rings. The van der Waals surface area contributed by atoms with Crippen molar-refractivity contribution >= 4 is 30.1 Å². The molecule has 166 valence electrons. The third-order valence-corrected chi connectivity index (χ3v) is 10.8. The van der Waals surface area contributed by atoms with Gasteiger partial charge in [0, 0.05) is 16.5 Å². The second-order valence-corrected chi connectivity index (χ2v) is 14.4. The van der Waals surface area contributed by atoms with Crippen LogP contribution >= 0.6 is 0 Å². The van der Waals surface area contributed by atoms with Crippen LogP contribution in [-0.4, -0.2) is 28.7 Å². The lowest BCUT2D eigenvalue weighted by molar-refractivity contribution is -0.172. The minimum Gasteiger partial charge on any atom is -0.458 e. The second kappa shape index (κ2) is 7.12. The van der Waals surface area contributed by atoms with Crippen LogP contribution in [0.15, 0.2) is 35.1 Å². The molecule has 0 radical (unpaired) electrons. The number of cyclic esters (lactones) is 1. The highest BCUT2D eigenvalue weighted by Crippen LogP contribution is 2.38. The van der Waals surface area contributed by atoms with Crippen LogP contribution in [0, 0.1) is 0 Å². The molecule has 1 unspecified atom stereocenters. The largest absolute Gasteiger partial charge is 0.458 e. The van der Waals surface area contributed by atoms with E-state index in [0.717, 1.165) is 28.6 Å². The molecule has 0 saturated carbocycles. The normalized spacial score (nSPS) is 19.5. The van der Waals surface area contributed by atoms with Crippen LogP contribution in [0.25, 0.3) is 22.3 Å². The summed E-state index contributed by atoms with van der Waals surface area (Å²) in [5.41, 5.74) is 2.10. The lowest BCUT2D eigenvalue weighted by Crippen LogP contribution is -2.44. The zero-order chi connectivity index (χ0) is 22.8. The number of hydrogen-bond acceptors (Lipinski definition) is 5. The fourth-order valence-electron chi connectivity index (χ4n) is 5.31. The van der Waals surface area contributed by atoms with Crippen LogP contribution in [0.3, 0.4) is 0 Å². The number of ether oxygens (including phenoxy) is 1. The minimum absolute atomic E-state index is 0.109. The van der Waals surface area contributed by atoms with Crippen molar-refractivity contribution in [2.45, 2.75) is 64.6 Å². The number of pyridine rings is 2. The maximum Gasteiger partial charge on any atom is 0.343 e. The molecule has 2 aliphatic rings. The van der Waals surface area contributed by atoms with Crippen molar-refractivity contribution in [3.63, 3.8) is 0 Å². The van der Waals surface area contributed by atoms with E-state index in [4.69, 9.17) is 9.72 Å². The van der Waals surface area contributed by atoms with E-state index in [-0.39, 0.29) is 18.6 Å². The summed E-state index contributed by atoms with van der Waals surface area (Å²) in [4.78, 5) is 30.8. The van der Waals surface area contributed by atoms with Crippen LogP contribution in [0.2, 0.25) is 19.1 Å². The second-order valence-electron chi connectivity index (χ2n) is 9.61. The first-order valence-electron chi connectivity index (χ1n) is 11.3. The van der Waals surface area contributed by atoms with E-state index in [2.05, 4.69) is 44.3 Å². The van der Waals surface area contributed by atoms with E-state index < -0.39 is 19.6 Å². The summed E-state index contributed by atoms with van der Waals surface area (Å²) in [7, 11) is -1.67. The zero-order valence-electron chi connectivity index (χ0n) is 19.0. The molecule has 2 aliphatic heterocycles. The van der Waals surface area contributed by atoms with Crippen molar-refractivity contribution in [3.8, 4) is 11.4 Å². The van der Waals surface area contributed by atoms with Crippen LogP contribution < -0.4 is 10.7 Å². The van der Waals surface area contributed by atoms with Gasteiger partial charge in [0.2, 0.25) is 0 Å². The number of carbonyl (C=O) groups is 1. The quantitative estimate of drug-likeness (QED) is 0.382. The van der Waals surface area contributed by atoms with Gasteiger partial charge in [0.25, 0.3) is 5.56 Å². The number of hydrogen-bond donors (Lipinski definition) is 1. The first kappa shape index (κ1) is 21.1. The molecule has 7 heteroatoms. The Bertz CT molecular complexity index is 1340. The van der Waals surface area contributed by atoms with E-state index in [9.17, 15) is 14.7 Å². The van der Waals surface area contributed by atoms with Crippen LogP contribution in [0.4, 0.5) is 0 Å². The highest BCUT2D eigenvalue weighted by atomic mass is 28.3. The van der Waals surface area contributed by atoms with E-state index >= 15 is 0 Å². The molecule has 6 nitrogen and oxygen atoms in total. The minimum atomic E-state index is -1.80. The molecular formula is C25H28N2O4Si. The van der Waals surface area contributed by atoms with Gasteiger partial charge in [0.15, 0.2) is 5.60 Å². The fraction of sp³-hybridized carbons (Fsp3) is 0.400. The Kier molecular flexibility index (Phi) is 4.69. The maximum absolute atomic E-state index is 13.3. The molecule has 32 heavy (non-hydrogen) atoms. The molecule has 0 amide bonds. The lowest BCUT2D eigenvalue weighted by atomic mass is 9.86. The van der Waals surface area contributed by atoms with Crippen molar-refractivity contribution in [2.75, 3.05) is 0 Å². The summed E-state index contributed by atoms with van der Waals surface area (Å²) < 4.78 is 6.85. The molecular weight excluding hydrogens is 420 g/mol. The van der Waals surface area contributed by atoms with Gasteiger partial charge in [-0.25, -0.2) is 9.78 Å². The van der Waals surface area contributed by atoms with E-state index in [1.807, 2.05) is 0 Å². The van der Waals surface area contributed by atoms with Crippen LogP contribution in [0.1, 0.15) is 43.4 Å². The van der Waals surface area contributed by atoms with Gasteiger partial charge in [-0.2, -0.15) is 0 Å². The Labute approximate surface area is 187 Å². The standard InChI is InChI=1S/C25H28N2O4Si/c1-5-10-32(3,4)20-9-7-8-15-11-16-13-27-19(21(16)26-22(15)20)12-18-17(23(27)28)14-31-24(29)25(18,30)6-2/h7-9,11-12,30H,5-6,10,13-14H2,1-4H3. The van der Waals surface area contributed by atoms with E-state index in [0.29, 0.717) is 23.4 Å². The van der Waals surface area contributed by atoms with Gasteiger partial charge in [0.1, 0.15) is 6.61 Å². The molecule has 1 N–H and O–H groups in total. The number of para-hydroxylation sites is 1. The molecule has 0 bridgehead atoms. The number of aliphatic hydroxyl groups is 1. The van der Waals surface area contributed by atoms with Crippen molar-refractivity contribution in [3.05, 3.63) is 57.4 Å². The van der Waals surface area contributed by atoms with Crippen molar-refractivity contribution in [1.82, 2.24) is 9.55 Å². The molecule has 4 heterocycles. The fourth-order valence-corrected chi connectivity index (χ4v) is 8.22. The molecule has 1 atom stereocenters. The summed E-state index contributed by atoms with van der Waals surface area (Å²) in [5, 5.41) is 13.5. The molecule has 0 saturated heterocycles. The smallest absolute Gasteiger partial charge is 0.343 e. The molecule has 0 spiro atoms. The van der Waals surface area contributed by atoms with Crippen molar-refractivity contribution in [2.24, 2.45) is 0 Å². The number of fused-ring (bicyclic) bond motifs is 5. The number of carbonyl (C=O) groups excluding carboxylic acids is 1. The third-order valence-electron chi connectivity index (χ3n) is 7.14. The lowest BCUT2D eigenvalue weighted by Gasteiger charge is -2.31. The predicted octanol–water partition coefficient (Wildman–Crippen LogP) is 3.41. The summed E-state index contributed by atoms with van der Waals surface area (Å²) in [6, 6.07) is 11.5. The van der Waals surface area contributed by atoms with Gasteiger partial charge in [0.05, 0.1) is 37.1 Å². The average molecular weight is 449 g/mol. The van der Waals surface area contributed by atoms with Gasteiger partial charge in [-0.05, 0) is 23.7 Å². The van der Waals surface area contributed by atoms with E-state index in [1.54, 1.807) is 17.6 Å². The van der Waals surface area contributed by atoms with Crippen LogP contribution in [-0.2, 0) is 28.3 Å². The summed E-state index contributed by atoms with van der Waals surface area (Å²) in [5.74, 6) is -0.698. The molecule has 2 aromatic heterocycles. The average Bonchev–Trinajstić information content (AvgIpc) is 3.12. The number of benzene rings is 1. The zero-order valence-corrected chi connectivity index (χ0v) is 20.0. The third kappa shape index (κ3) is 2.84. The summed E-state index contributed by atoms with van der Waals surface area (Å²) >= 11 is 0. The van der Waals surface area contributed by atoms with Gasteiger partial charge < -0.3 is 14.4 Å². The monoisotopic (exact) mass is 448 g/mol. The Morgan fingerprint density at radius 3 is 2.72 bits per heavy atom. The van der Waals surface area contributed by atoms with Gasteiger partial charge >= 0.3 is 5.97 Å². The van der Waals surface area contributed by atoms with Gasteiger partial charge in [-0.15, -0.1) is 0 Å². The maximum atomic E-state index is 13.3. The first-order chi connectivity index (χ1) is 15.2.